The number of fused-ring (bicyclic) bond motifs is 5. The first-order valence-electron chi connectivity index (χ1n) is 14.7. The Labute approximate surface area is 240 Å². The van der Waals surface area contributed by atoms with E-state index in [1.165, 1.54) is 44.0 Å². The third kappa shape index (κ3) is 3.89. The summed E-state index contributed by atoms with van der Waals surface area (Å²) < 4.78 is 4.82. The Morgan fingerprint density at radius 2 is 1.73 bits per heavy atom. The second-order valence-corrected chi connectivity index (χ2v) is 11.5. The molecule has 5 aromatic rings. The topological polar surface area (TPSA) is 34.6 Å². The van der Waals surface area contributed by atoms with Crippen LogP contribution in [0.15, 0.2) is 137 Å². The first-order valence-corrected chi connectivity index (χ1v) is 14.7. The lowest BCUT2D eigenvalue weighted by Gasteiger charge is -2.35. The van der Waals surface area contributed by atoms with Crippen LogP contribution in [0.2, 0.25) is 0 Å². The molecule has 2 aromatic heterocycles. The molecule has 0 bridgehead atoms. The van der Waals surface area contributed by atoms with E-state index in [4.69, 9.17) is 9.98 Å². The van der Waals surface area contributed by atoms with E-state index < -0.39 is 5.66 Å². The second kappa shape index (κ2) is 9.45. The molecule has 0 spiro atoms. The Hall–Kier alpha value is -4.70. The molecule has 0 radical (unpaired) electrons. The minimum absolute atomic E-state index is 0.179. The van der Waals surface area contributed by atoms with Gasteiger partial charge >= 0.3 is 0 Å². The molecule has 3 heterocycles. The van der Waals surface area contributed by atoms with Crippen molar-refractivity contribution in [1.82, 2.24) is 9.13 Å². The summed E-state index contributed by atoms with van der Waals surface area (Å²) in [7, 11) is 0. The lowest BCUT2D eigenvalue weighted by molar-refractivity contribution is 0.365. The minimum Gasteiger partial charge on any atom is -0.316 e. The largest absolute Gasteiger partial charge is 0.316 e. The van der Waals surface area contributed by atoms with E-state index in [1.807, 2.05) is 0 Å². The Morgan fingerprint density at radius 1 is 0.854 bits per heavy atom. The molecule has 4 heteroatoms. The fourth-order valence-corrected chi connectivity index (χ4v) is 6.87. The number of nitrogens with zero attached hydrogens (tertiary/aromatic N) is 4. The van der Waals surface area contributed by atoms with Crippen molar-refractivity contribution in [2.24, 2.45) is 15.9 Å². The number of amidine groups is 1. The quantitative estimate of drug-likeness (QED) is 0.221. The predicted molar refractivity (Wildman–Crippen MR) is 172 cm³/mol. The molecule has 2 atom stereocenters. The van der Waals surface area contributed by atoms with Gasteiger partial charge in [0, 0.05) is 40.4 Å². The molecule has 0 N–H and O–H groups in total. The highest BCUT2D eigenvalue weighted by Gasteiger charge is 2.37. The number of allylic oxidation sites excluding steroid dienone is 7. The van der Waals surface area contributed by atoms with Crippen LogP contribution in [-0.4, -0.2) is 20.7 Å². The molecule has 3 aliphatic rings. The van der Waals surface area contributed by atoms with Crippen LogP contribution >= 0.6 is 0 Å². The normalized spacial score (nSPS) is 22.4. The van der Waals surface area contributed by atoms with E-state index in [0.29, 0.717) is 0 Å². The summed E-state index contributed by atoms with van der Waals surface area (Å²) in [6.45, 7) is 2.30. The summed E-state index contributed by atoms with van der Waals surface area (Å²) in [6.07, 6.45) is 21.6. The molecule has 0 fully saturated rings. The zero-order valence-corrected chi connectivity index (χ0v) is 23.2. The molecule has 8 rings (SSSR count). The number of rotatable bonds is 4. The summed E-state index contributed by atoms with van der Waals surface area (Å²) in [4.78, 5) is 10.8. The van der Waals surface area contributed by atoms with Gasteiger partial charge in [-0.2, -0.15) is 0 Å². The fourth-order valence-electron chi connectivity index (χ4n) is 6.87. The van der Waals surface area contributed by atoms with Crippen LogP contribution in [0, 0.1) is 5.92 Å². The van der Waals surface area contributed by atoms with E-state index in [1.54, 1.807) is 0 Å². The van der Waals surface area contributed by atoms with Crippen molar-refractivity contribution in [1.29, 1.82) is 0 Å². The highest BCUT2D eigenvalue weighted by molar-refractivity contribution is 6.20. The van der Waals surface area contributed by atoms with E-state index in [0.717, 1.165) is 37.2 Å². The maximum atomic E-state index is 5.52. The van der Waals surface area contributed by atoms with Gasteiger partial charge in [-0.1, -0.05) is 85.0 Å². The zero-order valence-electron chi connectivity index (χ0n) is 23.2. The maximum absolute atomic E-state index is 5.52. The third-order valence-corrected chi connectivity index (χ3v) is 8.75. The second-order valence-electron chi connectivity index (χ2n) is 11.5. The third-order valence-electron chi connectivity index (χ3n) is 8.75. The summed E-state index contributed by atoms with van der Waals surface area (Å²) in [6, 6.07) is 26.2. The predicted octanol–water partition coefficient (Wildman–Crippen LogP) is 9.06. The van der Waals surface area contributed by atoms with Crippen molar-refractivity contribution >= 4 is 44.3 Å². The first kappa shape index (κ1) is 24.1. The van der Waals surface area contributed by atoms with Gasteiger partial charge in [-0.05, 0) is 62.1 Å². The molecule has 0 amide bonds. The van der Waals surface area contributed by atoms with Gasteiger partial charge in [-0.25, -0.2) is 9.98 Å². The van der Waals surface area contributed by atoms with E-state index in [2.05, 4.69) is 138 Å². The SMILES string of the molecule is C[C@]1(n2c3ccccc3c3c4c(ccc32)ccn4-c2ccccc2)CC(C2=CCCC=C2)=NC(C2C=CC=CC2)=N1. The van der Waals surface area contributed by atoms with Crippen LogP contribution in [-0.2, 0) is 5.66 Å². The Kier molecular flexibility index (Phi) is 5.56. The summed E-state index contributed by atoms with van der Waals surface area (Å²) in [5.74, 6) is 1.10. The Balaban J connectivity index is 1.40. The highest BCUT2D eigenvalue weighted by Crippen LogP contribution is 2.43. The molecular weight excluding hydrogens is 500 g/mol. The van der Waals surface area contributed by atoms with Crippen LogP contribution in [0.1, 0.15) is 32.6 Å². The van der Waals surface area contributed by atoms with Gasteiger partial charge in [0.25, 0.3) is 0 Å². The van der Waals surface area contributed by atoms with E-state index in [-0.39, 0.29) is 5.92 Å². The standard InChI is InChI=1S/C37H32N4/c1-37(25-31(26-13-5-2-6-14-26)38-36(39-37)28-15-7-3-8-16-28)41-32-20-12-11-19-30(32)34-33(41)22-21-27-23-24-40(35(27)34)29-17-9-4-10-18-29/h3-5,7-15,17-24,28H,2,6,16,25H2,1H3/t28?,37-/m0/s1. The first-order chi connectivity index (χ1) is 20.2. The van der Waals surface area contributed by atoms with Crippen molar-refractivity contribution in [3.63, 3.8) is 0 Å². The maximum Gasteiger partial charge on any atom is 0.141 e. The van der Waals surface area contributed by atoms with Crippen molar-refractivity contribution in [3.8, 4) is 5.69 Å². The minimum atomic E-state index is -0.535. The molecule has 1 aliphatic heterocycles. The van der Waals surface area contributed by atoms with Gasteiger partial charge in [0.15, 0.2) is 0 Å². The number of benzene rings is 3. The van der Waals surface area contributed by atoms with Gasteiger partial charge in [0.2, 0.25) is 0 Å². The monoisotopic (exact) mass is 532 g/mol. The smallest absolute Gasteiger partial charge is 0.141 e. The Bertz CT molecular complexity index is 2010. The molecule has 1 unspecified atom stereocenters. The molecule has 0 saturated heterocycles. The Morgan fingerprint density at radius 3 is 2.56 bits per heavy atom. The van der Waals surface area contributed by atoms with Crippen LogP contribution in [0.5, 0.6) is 0 Å². The van der Waals surface area contributed by atoms with Crippen LogP contribution < -0.4 is 0 Å². The average molecular weight is 533 g/mol. The van der Waals surface area contributed by atoms with E-state index >= 15 is 0 Å². The van der Waals surface area contributed by atoms with Crippen LogP contribution in [0.4, 0.5) is 0 Å². The molecule has 4 nitrogen and oxygen atoms in total. The number of para-hydroxylation sites is 2. The van der Waals surface area contributed by atoms with Crippen molar-refractivity contribution < 1.29 is 0 Å². The number of aromatic nitrogens is 2. The number of hydrogen-bond donors (Lipinski definition) is 0. The fraction of sp³-hybridized carbons (Fsp3) is 0.189. The molecular formula is C37H32N4. The molecule has 2 aliphatic carbocycles. The molecule has 3 aromatic carbocycles. The molecule has 200 valence electrons. The summed E-state index contributed by atoms with van der Waals surface area (Å²) in [5, 5.41) is 3.76. The van der Waals surface area contributed by atoms with E-state index in [9.17, 15) is 0 Å². The lowest BCUT2D eigenvalue weighted by Crippen LogP contribution is -2.37. The number of aliphatic imine (C=N–C) groups is 2. The van der Waals surface area contributed by atoms with Crippen LogP contribution in [0.25, 0.3) is 38.4 Å². The van der Waals surface area contributed by atoms with Gasteiger partial charge in [-0.15, -0.1) is 0 Å². The molecule has 0 saturated carbocycles. The van der Waals surface area contributed by atoms with Gasteiger partial charge in [0.1, 0.15) is 11.5 Å². The summed E-state index contributed by atoms with van der Waals surface area (Å²) >= 11 is 0. The number of hydrogen-bond acceptors (Lipinski definition) is 2. The lowest BCUT2D eigenvalue weighted by atomic mass is 9.91. The highest BCUT2D eigenvalue weighted by atomic mass is 15.2. The van der Waals surface area contributed by atoms with Gasteiger partial charge in [0.05, 0.1) is 22.3 Å². The van der Waals surface area contributed by atoms with Gasteiger partial charge in [-0.3, -0.25) is 0 Å². The van der Waals surface area contributed by atoms with Crippen molar-refractivity contribution in [3.05, 3.63) is 127 Å². The van der Waals surface area contributed by atoms with Crippen molar-refractivity contribution in [2.45, 2.75) is 38.3 Å². The molecule has 41 heavy (non-hydrogen) atoms. The zero-order chi connectivity index (χ0) is 27.4. The summed E-state index contributed by atoms with van der Waals surface area (Å²) in [5.41, 5.74) is 6.65. The average Bonchev–Trinajstić information content (AvgIpc) is 3.62. The van der Waals surface area contributed by atoms with Gasteiger partial charge < -0.3 is 9.13 Å². The van der Waals surface area contributed by atoms with Crippen LogP contribution in [0.3, 0.4) is 0 Å². The van der Waals surface area contributed by atoms with Crippen molar-refractivity contribution in [2.75, 3.05) is 0 Å².